The summed E-state index contributed by atoms with van der Waals surface area (Å²) in [5.41, 5.74) is 0. The summed E-state index contributed by atoms with van der Waals surface area (Å²) < 4.78 is 5.93. The predicted molar refractivity (Wildman–Crippen MR) is 363 cm³/mol. The van der Waals surface area contributed by atoms with Crippen molar-refractivity contribution in [3.63, 3.8) is 0 Å². The van der Waals surface area contributed by atoms with Crippen molar-refractivity contribution < 1.29 is 9.53 Å². The summed E-state index contributed by atoms with van der Waals surface area (Å²) in [7, 11) is 0. The molecule has 0 saturated heterocycles. The Morgan fingerprint density at radius 2 is 0.667 bits per heavy atom. The molecule has 1 unspecified atom stereocenters. The van der Waals surface area contributed by atoms with Gasteiger partial charge in [-0.2, -0.15) is 11.8 Å². The van der Waals surface area contributed by atoms with Crippen molar-refractivity contribution in [3.8, 4) is 0 Å². The molecule has 0 heterocycles. The van der Waals surface area contributed by atoms with Gasteiger partial charge in [0.1, 0.15) is 6.10 Å². The van der Waals surface area contributed by atoms with E-state index in [0.717, 1.165) is 43.8 Å². The summed E-state index contributed by atoms with van der Waals surface area (Å²) in [6.45, 7) is 46.6. The number of rotatable bonds is 35. The van der Waals surface area contributed by atoms with Crippen molar-refractivity contribution in [3.05, 3.63) is 48.6 Å². The maximum absolute atomic E-state index is 12.3. The quantitative estimate of drug-likeness (QED) is 0.0359. The van der Waals surface area contributed by atoms with Crippen LogP contribution in [0.25, 0.3) is 0 Å². The number of allylic oxidation sites excluding steroid dienone is 8. The van der Waals surface area contributed by atoms with Gasteiger partial charge in [0.05, 0.1) is 0 Å². The van der Waals surface area contributed by atoms with Crippen LogP contribution in [-0.4, -0.2) is 23.1 Å². The number of hydrogen-bond acceptors (Lipinski definition) is 3. The third kappa shape index (κ3) is 141. The highest BCUT2D eigenvalue weighted by Crippen LogP contribution is 2.30. The third-order valence-corrected chi connectivity index (χ3v) is 11.0. The Balaban J connectivity index is -0.000000133. The van der Waals surface area contributed by atoms with Gasteiger partial charge in [0.25, 0.3) is 0 Å². The van der Waals surface area contributed by atoms with Gasteiger partial charge in [-0.1, -0.05) is 336 Å². The average molecular weight is 1080 g/mol. The first-order valence-electron chi connectivity index (χ1n) is 34.0. The molecule has 0 aromatic carbocycles. The van der Waals surface area contributed by atoms with E-state index in [2.05, 4.69) is 185 Å². The summed E-state index contributed by atoms with van der Waals surface area (Å²) in [5.74, 6) is 1.33. The number of carbonyl (C=O) groups excluding carboxylic acids is 1. The molecule has 0 amide bonds. The highest BCUT2D eigenvalue weighted by molar-refractivity contribution is 7.99. The van der Waals surface area contributed by atoms with E-state index in [1.807, 2.05) is 27.7 Å². The van der Waals surface area contributed by atoms with Crippen molar-refractivity contribution in [2.45, 2.75) is 408 Å². The van der Waals surface area contributed by atoms with Crippen LogP contribution in [0.1, 0.15) is 396 Å². The Bertz CT molecular complexity index is 881. The lowest BCUT2D eigenvalue weighted by Crippen LogP contribution is -2.18. The molecular formula is C72H154O2S. The van der Waals surface area contributed by atoms with Crippen LogP contribution in [0.5, 0.6) is 0 Å². The lowest BCUT2D eigenvalue weighted by molar-refractivity contribution is -0.150. The fraction of sp³-hybridized carbons (Fsp3) is 0.875. The maximum atomic E-state index is 12.3. The molecule has 2 nitrogen and oxygen atoms in total. The number of ether oxygens (including phenoxy) is 1. The van der Waals surface area contributed by atoms with Gasteiger partial charge in [-0.3, -0.25) is 4.79 Å². The van der Waals surface area contributed by atoms with E-state index in [4.69, 9.17) is 4.74 Å². The second kappa shape index (κ2) is 116. The van der Waals surface area contributed by atoms with Crippen LogP contribution in [0.2, 0.25) is 0 Å². The fourth-order valence-corrected chi connectivity index (χ4v) is 7.27. The monoisotopic (exact) mass is 1080 g/mol. The Kier molecular flexibility index (Phi) is 149. The van der Waals surface area contributed by atoms with Gasteiger partial charge in [0, 0.05) is 11.7 Å². The maximum Gasteiger partial charge on any atom is 0.306 e. The molecule has 1 aliphatic rings. The molecule has 0 N–H and O–H groups in total. The predicted octanol–water partition coefficient (Wildman–Crippen LogP) is 28.4. The number of carbonyl (C=O) groups is 1. The molecule has 1 saturated carbocycles. The molecular weight excluding hydrogens is 929 g/mol. The van der Waals surface area contributed by atoms with Gasteiger partial charge < -0.3 is 4.74 Å². The minimum absolute atomic E-state index is 0.0244. The number of unbranched alkanes of at least 4 members (excludes halogenated alkanes) is 18. The van der Waals surface area contributed by atoms with E-state index < -0.39 is 0 Å². The molecule has 0 aliphatic heterocycles. The van der Waals surface area contributed by atoms with Crippen molar-refractivity contribution in [2.24, 2.45) is 0 Å². The second-order valence-electron chi connectivity index (χ2n) is 19.6. The van der Waals surface area contributed by atoms with Crippen molar-refractivity contribution in [2.75, 3.05) is 5.75 Å². The zero-order chi connectivity index (χ0) is 59.4. The summed E-state index contributed by atoms with van der Waals surface area (Å²) in [6, 6.07) is 0. The topological polar surface area (TPSA) is 26.3 Å². The lowest BCUT2D eigenvalue weighted by atomic mass is 10.0. The fourth-order valence-electron chi connectivity index (χ4n) is 6.13. The SMILES string of the molecule is CC.CC.CCC.CCC.CCC.CCC.CCC.CCC.CCC.CCCC/C=C\C/C=C\CCCCCCCCC(CCCCCCCC/C=C\C/C=C\CCCCC)OC(=O)CCCC.CCSC1CCC1. The molecule has 0 aromatic rings. The summed E-state index contributed by atoms with van der Waals surface area (Å²) >= 11 is 2.12. The third-order valence-electron chi connectivity index (χ3n) is 9.69. The van der Waals surface area contributed by atoms with E-state index in [-0.39, 0.29) is 12.1 Å². The van der Waals surface area contributed by atoms with E-state index >= 15 is 0 Å². The Morgan fingerprint density at radius 1 is 0.387 bits per heavy atom. The highest BCUT2D eigenvalue weighted by atomic mass is 32.2. The highest BCUT2D eigenvalue weighted by Gasteiger charge is 2.16. The molecule has 3 heteroatoms. The molecule has 0 bridgehead atoms. The summed E-state index contributed by atoms with van der Waals surface area (Å²) in [5, 5.41) is 1.05. The van der Waals surface area contributed by atoms with Gasteiger partial charge >= 0.3 is 5.97 Å². The number of thioether (sulfide) groups is 1. The second-order valence-corrected chi connectivity index (χ2v) is 21.1. The molecule has 0 spiro atoms. The van der Waals surface area contributed by atoms with Crippen LogP contribution in [0, 0.1) is 0 Å². The van der Waals surface area contributed by atoms with Crippen LogP contribution >= 0.6 is 11.8 Å². The van der Waals surface area contributed by atoms with Gasteiger partial charge in [-0.25, -0.2) is 0 Å². The van der Waals surface area contributed by atoms with E-state index in [1.54, 1.807) is 0 Å². The molecule has 0 radical (unpaired) electrons. The van der Waals surface area contributed by atoms with Gasteiger partial charge in [0.2, 0.25) is 0 Å². The minimum Gasteiger partial charge on any atom is -0.462 e. The smallest absolute Gasteiger partial charge is 0.306 e. The van der Waals surface area contributed by atoms with Crippen LogP contribution < -0.4 is 0 Å². The van der Waals surface area contributed by atoms with Crippen molar-refractivity contribution >= 4 is 17.7 Å². The van der Waals surface area contributed by atoms with Crippen LogP contribution in [-0.2, 0) is 9.53 Å². The van der Waals surface area contributed by atoms with Crippen LogP contribution in [0.3, 0.4) is 0 Å². The minimum atomic E-state index is 0.0244. The standard InChI is InChI=1S/C41H74O2.C6H12S.7C3H8.2C2H6/c1-4-7-10-12-14-16-18-20-22-24-26-28-30-32-34-36-38-40(43-41(42)39-9-6-3)37-35-33-31-29-27-25-23-21-19-17-15-13-11-8-5-2;1-2-7-6-4-3-5-6;7*1-3-2;2*1-2/h13-16,19-22,40H,4-12,17-18,23-39H2,1-3H3;6H,2-5H2,1H3;7*3H2,1-2H3;2*1-2H3/b15-13-,16-14-,21-19-,22-20-;;;;;;;;;;. The molecule has 1 aliphatic carbocycles. The van der Waals surface area contributed by atoms with E-state index in [1.165, 1.54) is 205 Å². The zero-order valence-corrected chi connectivity index (χ0v) is 57.9. The van der Waals surface area contributed by atoms with E-state index in [0.29, 0.717) is 6.42 Å². The Hall–Kier alpha value is -1.22. The summed E-state index contributed by atoms with van der Waals surface area (Å²) in [6.07, 6.45) is 65.8. The molecule has 0 aromatic heterocycles. The molecule has 1 rings (SSSR count). The molecule has 1 atom stereocenters. The Morgan fingerprint density at radius 3 is 0.933 bits per heavy atom. The first-order chi connectivity index (χ1) is 36.6. The molecule has 460 valence electrons. The van der Waals surface area contributed by atoms with Gasteiger partial charge in [-0.15, -0.1) is 0 Å². The normalized spacial score (nSPS) is 11.3. The average Bonchev–Trinajstić information content (AvgIpc) is 3.38. The first-order valence-corrected chi connectivity index (χ1v) is 35.0. The molecule has 75 heavy (non-hydrogen) atoms. The van der Waals surface area contributed by atoms with Gasteiger partial charge in [-0.05, 0) is 108 Å². The van der Waals surface area contributed by atoms with Crippen molar-refractivity contribution in [1.29, 1.82) is 0 Å². The number of esters is 1. The largest absolute Gasteiger partial charge is 0.462 e. The summed E-state index contributed by atoms with van der Waals surface area (Å²) in [4.78, 5) is 12.3. The first kappa shape index (κ1) is 96.1. The van der Waals surface area contributed by atoms with E-state index in [9.17, 15) is 4.79 Å². The van der Waals surface area contributed by atoms with Crippen LogP contribution in [0.4, 0.5) is 0 Å². The number of hydrogen-bond donors (Lipinski definition) is 0. The van der Waals surface area contributed by atoms with Crippen molar-refractivity contribution in [1.82, 2.24) is 0 Å². The van der Waals surface area contributed by atoms with Crippen LogP contribution in [0.15, 0.2) is 48.6 Å². The molecule has 1 fully saturated rings. The van der Waals surface area contributed by atoms with Gasteiger partial charge in [0.15, 0.2) is 0 Å². The lowest BCUT2D eigenvalue weighted by Gasteiger charge is -2.23. The zero-order valence-electron chi connectivity index (χ0n) is 57.1. The Labute approximate surface area is 486 Å².